The lowest BCUT2D eigenvalue weighted by Gasteiger charge is -2.37. The molecule has 0 aromatic carbocycles. The van der Waals surface area contributed by atoms with Crippen molar-refractivity contribution in [3.05, 3.63) is 20.8 Å². The zero-order valence-electron chi connectivity index (χ0n) is 7.33. The smallest absolute Gasteiger partial charge is 0.185 e. The Kier molecular flexibility index (Phi) is 2.74. The highest BCUT2D eigenvalue weighted by atomic mass is 79.9. The number of thiophene rings is 1. The first-order valence-electron chi connectivity index (χ1n) is 4.15. The number of ether oxygens (including phenoxy) is 1. The van der Waals surface area contributed by atoms with Gasteiger partial charge in [0.15, 0.2) is 5.78 Å². The van der Waals surface area contributed by atoms with Gasteiger partial charge < -0.3 is 9.84 Å². The Morgan fingerprint density at radius 3 is 2.79 bits per heavy atom. The van der Waals surface area contributed by atoms with Crippen LogP contribution < -0.4 is 0 Å². The molecule has 1 N–H and O–H groups in total. The average Bonchev–Trinajstić information content (AvgIpc) is 2.50. The summed E-state index contributed by atoms with van der Waals surface area (Å²) in [5.74, 6) is -0.0121. The van der Waals surface area contributed by atoms with E-state index in [1.165, 1.54) is 11.3 Å². The Bertz CT molecular complexity index is 351. The maximum atomic E-state index is 11.9. The van der Waals surface area contributed by atoms with Crippen LogP contribution in [0.1, 0.15) is 9.67 Å². The second-order valence-electron chi connectivity index (χ2n) is 3.39. The van der Waals surface area contributed by atoms with Gasteiger partial charge in [-0.25, -0.2) is 0 Å². The van der Waals surface area contributed by atoms with Crippen LogP contribution in [-0.4, -0.2) is 30.7 Å². The molecule has 0 saturated carbocycles. The van der Waals surface area contributed by atoms with Crippen molar-refractivity contribution in [1.82, 2.24) is 0 Å². The molecule has 0 bridgehead atoms. The molecule has 3 nitrogen and oxygen atoms in total. The minimum absolute atomic E-state index is 0.0121. The van der Waals surface area contributed by atoms with Crippen molar-refractivity contribution in [1.29, 1.82) is 0 Å². The molecular weight excluding hydrogens is 268 g/mol. The number of aliphatic hydroxyl groups is 1. The lowest BCUT2D eigenvalue weighted by atomic mass is 9.81. The predicted octanol–water partition coefficient (Wildman–Crippen LogP) is 1.70. The van der Waals surface area contributed by atoms with Crippen LogP contribution >= 0.6 is 27.3 Å². The van der Waals surface area contributed by atoms with E-state index in [4.69, 9.17) is 9.84 Å². The monoisotopic (exact) mass is 276 g/mol. The molecule has 1 aromatic heterocycles. The number of Topliss-reactive ketones (excluding diaryl/α,β-unsaturated/α-hetero) is 1. The van der Waals surface area contributed by atoms with E-state index in [1.54, 1.807) is 6.07 Å². The van der Waals surface area contributed by atoms with Crippen LogP contribution in [0.4, 0.5) is 0 Å². The molecule has 76 valence electrons. The largest absolute Gasteiger partial charge is 0.395 e. The molecular formula is C9H9BrO3S. The lowest BCUT2D eigenvalue weighted by molar-refractivity contribution is -0.109. The Hall–Kier alpha value is -0.230. The van der Waals surface area contributed by atoms with Crippen LogP contribution in [-0.2, 0) is 4.74 Å². The van der Waals surface area contributed by atoms with E-state index in [-0.39, 0.29) is 12.4 Å². The summed E-state index contributed by atoms with van der Waals surface area (Å²) in [4.78, 5) is 12.6. The van der Waals surface area contributed by atoms with Crippen molar-refractivity contribution in [3.63, 3.8) is 0 Å². The first-order valence-corrected chi connectivity index (χ1v) is 5.83. The van der Waals surface area contributed by atoms with Gasteiger partial charge in [0.05, 0.1) is 24.7 Å². The molecule has 14 heavy (non-hydrogen) atoms. The van der Waals surface area contributed by atoms with Crippen LogP contribution in [0.2, 0.25) is 0 Å². The van der Waals surface area contributed by atoms with Gasteiger partial charge in [0, 0.05) is 9.85 Å². The number of carbonyl (C=O) groups excluding carboxylic acids is 1. The third-order valence-electron chi connectivity index (χ3n) is 2.33. The van der Waals surface area contributed by atoms with Gasteiger partial charge in [0.1, 0.15) is 5.41 Å². The summed E-state index contributed by atoms with van der Waals surface area (Å²) in [5, 5.41) is 11.0. The number of hydrogen-bond donors (Lipinski definition) is 1. The molecule has 0 radical (unpaired) electrons. The fraction of sp³-hybridized carbons (Fsp3) is 0.444. The second kappa shape index (κ2) is 3.73. The van der Waals surface area contributed by atoms with Gasteiger partial charge in [-0.1, -0.05) is 0 Å². The van der Waals surface area contributed by atoms with E-state index in [1.807, 2.05) is 5.38 Å². The second-order valence-corrected chi connectivity index (χ2v) is 5.22. The minimum Gasteiger partial charge on any atom is -0.395 e. The fourth-order valence-corrected chi connectivity index (χ4v) is 2.82. The normalized spacial score (nSPS) is 19.0. The van der Waals surface area contributed by atoms with E-state index >= 15 is 0 Å². The SMILES string of the molecule is O=C(c1cc(Br)cs1)C1(CO)COC1. The van der Waals surface area contributed by atoms with Crippen molar-refractivity contribution in [2.75, 3.05) is 19.8 Å². The molecule has 0 aliphatic carbocycles. The van der Waals surface area contributed by atoms with Crippen LogP contribution in [0.5, 0.6) is 0 Å². The standard InChI is InChI=1S/C9H9BrO3S/c10-6-1-7(14-2-6)8(12)9(3-11)4-13-5-9/h1-2,11H,3-5H2. The summed E-state index contributed by atoms with van der Waals surface area (Å²) in [6, 6.07) is 1.78. The Morgan fingerprint density at radius 2 is 2.43 bits per heavy atom. The first kappa shape index (κ1) is 10.3. The summed E-state index contributed by atoms with van der Waals surface area (Å²) >= 11 is 4.68. The summed E-state index contributed by atoms with van der Waals surface area (Å²) in [6.45, 7) is 0.525. The van der Waals surface area contributed by atoms with Gasteiger partial charge in [0.2, 0.25) is 0 Å². The molecule has 0 spiro atoms. The Balaban J connectivity index is 2.23. The maximum absolute atomic E-state index is 11.9. The number of rotatable bonds is 3. The molecule has 0 atom stereocenters. The van der Waals surface area contributed by atoms with Gasteiger partial charge in [-0.15, -0.1) is 11.3 Å². The number of ketones is 1. The molecule has 1 aromatic rings. The molecule has 1 aliphatic heterocycles. The highest BCUT2D eigenvalue weighted by Gasteiger charge is 2.46. The van der Waals surface area contributed by atoms with Gasteiger partial charge in [-0.05, 0) is 22.0 Å². The van der Waals surface area contributed by atoms with E-state index in [2.05, 4.69) is 15.9 Å². The third kappa shape index (κ3) is 1.54. The quantitative estimate of drug-likeness (QED) is 0.855. The van der Waals surface area contributed by atoms with Crippen LogP contribution in [0.25, 0.3) is 0 Å². The molecule has 1 saturated heterocycles. The van der Waals surface area contributed by atoms with Crippen molar-refractivity contribution in [3.8, 4) is 0 Å². The maximum Gasteiger partial charge on any atom is 0.185 e. The van der Waals surface area contributed by atoms with Gasteiger partial charge in [-0.2, -0.15) is 0 Å². The zero-order valence-corrected chi connectivity index (χ0v) is 9.73. The number of carbonyl (C=O) groups is 1. The van der Waals surface area contributed by atoms with Crippen LogP contribution in [0.15, 0.2) is 15.9 Å². The van der Waals surface area contributed by atoms with Crippen LogP contribution in [0, 0.1) is 5.41 Å². The Morgan fingerprint density at radius 1 is 1.71 bits per heavy atom. The molecule has 1 aliphatic rings. The van der Waals surface area contributed by atoms with Gasteiger partial charge in [-0.3, -0.25) is 4.79 Å². The molecule has 1 fully saturated rings. The summed E-state index contributed by atoms with van der Waals surface area (Å²) in [6.07, 6.45) is 0. The molecule has 5 heteroatoms. The average molecular weight is 277 g/mol. The fourth-order valence-electron chi connectivity index (χ4n) is 1.34. The summed E-state index contributed by atoms with van der Waals surface area (Å²) in [7, 11) is 0. The summed E-state index contributed by atoms with van der Waals surface area (Å²) in [5.41, 5.74) is -0.676. The first-order chi connectivity index (χ1) is 6.68. The summed E-state index contributed by atoms with van der Waals surface area (Å²) < 4.78 is 5.89. The van der Waals surface area contributed by atoms with Crippen LogP contribution in [0.3, 0.4) is 0 Å². The number of aliphatic hydroxyl groups excluding tert-OH is 1. The molecule has 0 amide bonds. The molecule has 0 unspecified atom stereocenters. The number of halogens is 1. The van der Waals surface area contributed by atoms with E-state index in [0.29, 0.717) is 18.1 Å². The highest BCUT2D eigenvalue weighted by Crippen LogP contribution is 2.33. The van der Waals surface area contributed by atoms with Gasteiger partial charge >= 0.3 is 0 Å². The number of hydrogen-bond acceptors (Lipinski definition) is 4. The van der Waals surface area contributed by atoms with E-state index in [9.17, 15) is 4.79 Å². The highest BCUT2D eigenvalue weighted by molar-refractivity contribution is 9.10. The minimum atomic E-state index is -0.676. The van der Waals surface area contributed by atoms with E-state index < -0.39 is 5.41 Å². The van der Waals surface area contributed by atoms with Crippen molar-refractivity contribution >= 4 is 33.0 Å². The van der Waals surface area contributed by atoms with Gasteiger partial charge in [0.25, 0.3) is 0 Å². The lowest BCUT2D eigenvalue weighted by Crippen LogP contribution is -2.51. The van der Waals surface area contributed by atoms with Crippen molar-refractivity contribution in [2.45, 2.75) is 0 Å². The Labute approximate surface area is 93.8 Å². The predicted molar refractivity (Wildman–Crippen MR) is 56.7 cm³/mol. The molecule has 2 heterocycles. The topological polar surface area (TPSA) is 46.5 Å². The van der Waals surface area contributed by atoms with E-state index in [0.717, 1.165) is 4.47 Å². The zero-order chi connectivity index (χ0) is 10.2. The van der Waals surface area contributed by atoms with Crippen molar-refractivity contribution < 1.29 is 14.6 Å². The third-order valence-corrected chi connectivity index (χ3v) is 4.02. The van der Waals surface area contributed by atoms with Crippen molar-refractivity contribution in [2.24, 2.45) is 5.41 Å². The molecule has 2 rings (SSSR count).